The molecule has 0 atom stereocenters. The van der Waals surface area contributed by atoms with E-state index < -0.39 is 10.0 Å². The molecule has 2 rings (SSSR count). The molecule has 23 heavy (non-hydrogen) atoms. The molecule has 0 heterocycles. The quantitative estimate of drug-likeness (QED) is 0.829. The van der Waals surface area contributed by atoms with Crippen LogP contribution in [0.15, 0.2) is 47.4 Å². The van der Waals surface area contributed by atoms with Crippen LogP contribution in [-0.2, 0) is 16.4 Å². The summed E-state index contributed by atoms with van der Waals surface area (Å²) in [5, 5.41) is 0.193. The summed E-state index contributed by atoms with van der Waals surface area (Å²) >= 11 is 5.94. The van der Waals surface area contributed by atoms with Gasteiger partial charge < -0.3 is 9.47 Å². The third kappa shape index (κ3) is 4.16. The lowest BCUT2D eigenvalue weighted by molar-refractivity contribution is 0.351. The second-order valence-corrected chi connectivity index (χ2v) is 6.87. The summed E-state index contributed by atoms with van der Waals surface area (Å²) in [6, 6.07) is 11.8. The summed E-state index contributed by atoms with van der Waals surface area (Å²) in [5.41, 5.74) is 0.855. The number of methoxy groups -OCH3 is 2. The number of hydrogen-bond donors (Lipinski definition) is 1. The Morgan fingerprint density at radius 1 is 1.04 bits per heavy atom. The van der Waals surface area contributed by atoms with E-state index in [1.807, 2.05) is 12.1 Å². The molecule has 2 aromatic rings. The predicted molar refractivity (Wildman–Crippen MR) is 89.9 cm³/mol. The average Bonchev–Trinajstić information content (AvgIpc) is 2.54. The van der Waals surface area contributed by atoms with Gasteiger partial charge in [0.2, 0.25) is 10.0 Å². The van der Waals surface area contributed by atoms with E-state index in [-0.39, 0.29) is 16.5 Å². The summed E-state index contributed by atoms with van der Waals surface area (Å²) in [6.07, 6.45) is 0.462. The summed E-state index contributed by atoms with van der Waals surface area (Å²) < 4.78 is 37.6. The first-order valence-electron chi connectivity index (χ1n) is 6.93. The number of hydrogen-bond acceptors (Lipinski definition) is 4. The first kappa shape index (κ1) is 17.6. The normalized spacial score (nSPS) is 11.3. The zero-order valence-electron chi connectivity index (χ0n) is 12.9. The van der Waals surface area contributed by atoms with Crippen LogP contribution in [-0.4, -0.2) is 29.2 Å². The molecule has 124 valence electrons. The molecule has 0 aliphatic rings. The van der Waals surface area contributed by atoms with E-state index in [0.29, 0.717) is 17.9 Å². The molecule has 1 N–H and O–H groups in total. The van der Waals surface area contributed by atoms with Gasteiger partial charge in [-0.2, -0.15) is 0 Å². The van der Waals surface area contributed by atoms with Crippen LogP contribution >= 0.6 is 11.6 Å². The Bertz CT molecular complexity index is 777. The molecule has 0 aromatic heterocycles. The lowest BCUT2D eigenvalue weighted by Gasteiger charge is -2.13. The van der Waals surface area contributed by atoms with Gasteiger partial charge in [-0.1, -0.05) is 35.9 Å². The molecule has 0 unspecified atom stereocenters. The number of sulfonamides is 1. The zero-order valence-corrected chi connectivity index (χ0v) is 14.4. The average molecular weight is 356 g/mol. The summed E-state index contributed by atoms with van der Waals surface area (Å²) in [7, 11) is -0.542. The Kier molecular flexibility index (Phi) is 5.87. The van der Waals surface area contributed by atoms with Gasteiger partial charge >= 0.3 is 0 Å². The molecule has 0 aliphatic carbocycles. The van der Waals surface area contributed by atoms with Gasteiger partial charge in [-0.25, -0.2) is 13.1 Å². The van der Waals surface area contributed by atoms with Gasteiger partial charge in [0.05, 0.1) is 19.2 Å². The Hall–Kier alpha value is -1.76. The number of nitrogens with one attached hydrogen (secondary N) is 1. The van der Waals surface area contributed by atoms with E-state index in [1.165, 1.54) is 6.07 Å². The van der Waals surface area contributed by atoms with Crippen molar-refractivity contribution in [2.45, 2.75) is 11.3 Å². The Morgan fingerprint density at radius 2 is 1.78 bits per heavy atom. The Balaban J connectivity index is 2.10. The fraction of sp³-hybridized carbons (Fsp3) is 0.250. The molecule has 0 aliphatic heterocycles. The molecular formula is C16H18ClNO4S. The van der Waals surface area contributed by atoms with Crippen molar-refractivity contribution < 1.29 is 17.9 Å². The van der Waals surface area contributed by atoms with E-state index in [0.717, 1.165) is 5.56 Å². The van der Waals surface area contributed by atoms with Crippen molar-refractivity contribution in [3.05, 3.63) is 53.1 Å². The lowest BCUT2D eigenvalue weighted by atomic mass is 10.1. The van der Waals surface area contributed by atoms with Crippen LogP contribution in [0.25, 0.3) is 0 Å². The Morgan fingerprint density at radius 3 is 2.43 bits per heavy atom. The monoisotopic (exact) mass is 355 g/mol. The number of halogens is 1. The predicted octanol–water partition coefficient (Wildman–Crippen LogP) is 2.88. The highest BCUT2D eigenvalue weighted by Gasteiger charge is 2.17. The molecule has 0 spiro atoms. The van der Waals surface area contributed by atoms with Crippen LogP contribution in [0, 0.1) is 0 Å². The summed E-state index contributed by atoms with van der Waals surface area (Å²) in [4.78, 5) is 0.0688. The lowest BCUT2D eigenvalue weighted by Crippen LogP contribution is -2.26. The molecule has 0 saturated carbocycles. The zero-order chi connectivity index (χ0) is 16.9. The molecular weight excluding hydrogens is 338 g/mol. The smallest absolute Gasteiger partial charge is 0.242 e. The van der Waals surface area contributed by atoms with Crippen LogP contribution in [0.3, 0.4) is 0 Å². The molecule has 7 heteroatoms. The highest BCUT2D eigenvalue weighted by molar-refractivity contribution is 7.89. The molecule has 0 saturated heterocycles. The topological polar surface area (TPSA) is 64.6 Å². The van der Waals surface area contributed by atoms with Crippen LogP contribution in [0.4, 0.5) is 0 Å². The number of benzene rings is 2. The third-order valence-electron chi connectivity index (χ3n) is 3.30. The van der Waals surface area contributed by atoms with Gasteiger partial charge in [0.1, 0.15) is 4.90 Å². The second-order valence-electron chi connectivity index (χ2n) is 4.73. The molecule has 0 amide bonds. The largest absolute Gasteiger partial charge is 0.493 e. The Labute approximate surface area is 141 Å². The minimum Gasteiger partial charge on any atom is -0.493 e. The van der Waals surface area contributed by atoms with Crippen molar-refractivity contribution in [3.63, 3.8) is 0 Å². The van der Waals surface area contributed by atoms with Gasteiger partial charge in [0, 0.05) is 6.54 Å². The summed E-state index contributed by atoms with van der Waals surface area (Å²) in [5.74, 6) is 1.21. The van der Waals surface area contributed by atoms with Crippen molar-refractivity contribution >= 4 is 21.6 Å². The molecule has 0 fully saturated rings. The number of ether oxygens (including phenoxy) is 2. The minimum atomic E-state index is -3.65. The van der Waals surface area contributed by atoms with Crippen LogP contribution < -0.4 is 14.2 Å². The van der Waals surface area contributed by atoms with E-state index in [1.54, 1.807) is 38.5 Å². The highest BCUT2D eigenvalue weighted by atomic mass is 35.5. The van der Waals surface area contributed by atoms with Crippen molar-refractivity contribution in [1.29, 1.82) is 0 Å². The van der Waals surface area contributed by atoms with Crippen molar-refractivity contribution in [3.8, 4) is 11.5 Å². The first-order valence-corrected chi connectivity index (χ1v) is 8.79. The number of rotatable bonds is 7. The van der Waals surface area contributed by atoms with E-state index >= 15 is 0 Å². The maximum Gasteiger partial charge on any atom is 0.242 e. The first-order chi connectivity index (χ1) is 11.0. The molecule has 0 bridgehead atoms. The molecule has 5 nitrogen and oxygen atoms in total. The fourth-order valence-electron chi connectivity index (χ4n) is 2.21. The van der Waals surface area contributed by atoms with E-state index in [2.05, 4.69) is 4.72 Å². The second kappa shape index (κ2) is 7.68. The summed E-state index contributed by atoms with van der Waals surface area (Å²) in [6.45, 7) is 0.219. The third-order valence-corrected chi connectivity index (χ3v) is 5.26. The SMILES string of the molecule is COc1cccc(CCNS(=O)(=O)c2ccccc2Cl)c1OC. The number of para-hydroxylation sites is 1. The van der Waals surface area contributed by atoms with Crippen LogP contribution in [0.1, 0.15) is 5.56 Å². The van der Waals surface area contributed by atoms with Crippen molar-refractivity contribution in [2.75, 3.05) is 20.8 Å². The van der Waals surface area contributed by atoms with E-state index in [9.17, 15) is 8.42 Å². The molecule has 2 aromatic carbocycles. The maximum absolute atomic E-state index is 12.3. The van der Waals surface area contributed by atoms with Gasteiger partial charge in [-0.05, 0) is 30.2 Å². The molecule has 0 radical (unpaired) electrons. The van der Waals surface area contributed by atoms with Crippen LogP contribution in [0.5, 0.6) is 11.5 Å². The van der Waals surface area contributed by atoms with Crippen molar-refractivity contribution in [2.24, 2.45) is 0 Å². The van der Waals surface area contributed by atoms with Gasteiger partial charge in [-0.3, -0.25) is 0 Å². The minimum absolute atomic E-state index is 0.0688. The van der Waals surface area contributed by atoms with Gasteiger partial charge in [0.25, 0.3) is 0 Å². The highest BCUT2D eigenvalue weighted by Crippen LogP contribution is 2.30. The van der Waals surface area contributed by atoms with Gasteiger partial charge in [0.15, 0.2) is 11.5 Å². The van der Waals surface area contributed by atoms with Crippen LogP contribution in [0.2, 0.25) is 5.02 Å². The van der Waals surface area contributed by atoms with Crippen molar-refractivity contribution in [1.82, 2.24) is 4.72 Å². The maximum atomic E-state index is 12.3. The fourth-order valence-corrected chi connectivity index (χ4v) is 3.76. The van der Waals surface area contributed by atoms with E-state index in [4.69, 9.17) is 21.1 Å². The standard InChI is InChI=1S/C16H18ClNO4S/c1-21-14-8-5-6-12(16(14)22-2)10-11-18-23(19,20)15-9-4-3-7-13(15)17/h3-9,18H,10-11H2,1-2H3. The van der Waals surface area contributed by atoms with Gasteiger partial charge in [-0.15, -0.1) is 0 Å².